The zero-order chi connectivity index (χ0) is 17.5. The molecule has 0 radical (unpaired) electrons. The van der Waals surface area contributed by atoms with Crippen LogP contribution in [0.4, 0.5) is 0 Å². The van der Waals surface area contributed by atoms with Gasteiger partial charge in [0.2, 0.25) is 0 Å². The summed E-state index contributed by atoms with van der Waals surface area (Å²) in [6.45, 7) is 1.32. The van der Waals surface area contributed by atoms with Crippen molar-refractivity contribution >= 4 is 33.7 Å². The van der Waals surface area contributed by atoms with Gasteiger partial charge < -0.3 is 9.88 Å². The summed E-state index contributed by atoms with van der Waals surface area (Å²) in [5, 5.41) is 5.18. The first-order valence-electron chi connectivity index (χ1n) is 8.21. The topological polar surface area (TPSA) is 42.0 Å². The second-order valence-corrected chi connectivity index (χ2v) is 9.53. The van der Waals surface area contributed by atoms with Crippen LogP contribution >= 0.6 is 23.1 Å². The van der Waals surface area contributed by atoms with Crippen LogP contribution < -0.4 is 15.9 Å². The maximum absolute atomic E-state index is 13.8. The minimum Gasteiger partial charge on any atom is -0.314 e. The summed E-state index contributed by atoms with van der Waals surface area (Å²) in [6, 6.07) is 25.4. The van der Waals surface area contributed by atoms with Crippen LogP contribution in [0.3, 0.4) is 0 Å². The molecule has 0 saturated carbocycles. The van der Waals surface area contributed by atoms with Crippen LogP contribution in [-0.4, -0.2) is 17.7 Å². The molecule has 0 bridgehead atoms. The van der Waals surface area contributed by atoms with Crippen molar-refractivity contribution < 1.29 is 4.57 Å². The zero-order valence-corrected chi connectivity index (χ0v) is 16.3. The van der Waals surface area contributed by atoms with E-state index < -0.39 is 7.14 Å². The van der Waals surface area contributed by atoms with E-state index in [1.54, 1.807) is 0 Å². The van der Waals surface area contributed by atoms with Crippen molar-refractivity contribution in [3.8, 4) is 0 Å². The Balaban J connectivity index is 1.72. The van der Waals surface area contributed by atoms with Gasteiger partial charge in [-0.1, -0.05) is 66.7 Å². The smallest absolute Gasteiger partial charge is 0.144 e. The maximum atomic E-state index is 13.8. The van der Waals surface area contributed by atoms with E-state index in [0.29, 0.717) is 19.3 Å². The molecule has 3 aromatic rings. The minimum absolute atomic E-state index is 0.578. The molecule has 25 heavy (non-hydrogen) atoms. The molecule has 0 amide bonds. The highest BCUT2D eigenvalue weighted by Gasteiger charge is 2.26. The van der Waals surface area contributed by atoms with Crippen molar-refractivity contribution in [2.45, 2.75) is 6.54 Å². The first-order valence-corrected chi connectivity index (χ1v) is 10.9. The number of rotatable bonds is 7. The number of pyridine rings is 1. The predicted octanol–water partition coefficient (Wildman–Crippen LogP) is 3.95. The summed E-state index contributed by atoms with van der Waals surface area (Å²) in [6.07, 6.45) is 0.578. The van der Waals surface area contributed by atoms with E-state index in [4.69, 9.17) is 0 Å². The molecule has 0 spiro atoms. The highest BCUT2D eigenvalue weighted by Crippen LogP contribution is 2.42. The summed E-state index contributed by atoms with van der Waals surface area (Å²) in [4.78, 5) is 4.41. The molecule has 2 aromatic carbocycles. The molecule has 0 aliphatic carbocycles. The van der Waals surface area contributed by atoms with Gasteiger partial charge >= 0.3 is 0 Å². The van der Waals surface area contributed by atoms with Crippen LogP contribution in [0.25, 0.3) is 0 Å². The van der Waals surface area contributed by atoms with Gasteiger partial charge in [0.25, 0.3) is 0 Å². The summed E-state index contributed by atoms with van der Waals surface area (Å²) >= 11 is 3.38. The zero-order valence-electron chi connectivity index (χ0n) is 13.8. The van der Waals surface area contributed by atoms with E-state index >= 15 is 0 Å². The number of halogens is 1. The Kier molecular flexibility index (Phi) is 6.19. The van der Waals surface area contributed by atoms with Crippen molar-refractivity contribution in [1.82, 2.24) is 10.3 Å². The molecule has 3 rings (SSSR count). The summed E-state index contributed by atoms with van der Waals surface area (Å²) in [5.41, 5.74) is 0.962. The lowest BCUT2D eigenvalue weighted by atomic mass is 10.3. The van der Waals surface area contributed by atoms with Crippen molar-refractivity contribution in [3.63, 3.8) is 0 Å². The summed E-state index contributed by atoms with van der Waals surface area (Å²) in [5.74, 6) is 0. The second-order valence-electron chi connectivity index (χ2n) is 5.76. The van der Waals surface area contributed by atoms with Crippen molar-refractivity contribution in [1.29, 1.82) is 0 Å². The molecule has 0 aliphatic rings. The molecule has 3 nitrogen and oxygen atoms in total. The van der Waals surface area contributed by atoms with Crippen LogP contribution in [0, 0.1) is 0 Å². The fourth-order valence-electron chi connectivity index (χ4n) is 2.75. The maximum Gasteiger partial charge on any atom is 0.144 e. The molecule has 5 heteroatoms. The number of hydrogen-bond acceptors (Lipinski definition) is 3. The van der Waals surface area contributed by atoms with Crippen molar-refractivity contribution in [2.75, 3.05) is 12.7 Å². The lowest BCUT2D eigenvalue weighted by molar-refractivity contribution is 0.583. The van der Waals surface area contributed by atoms with Gasteiger partial charge in [0.05, 0.1) is 5.69 Å². The Morgan fingerprint density at radius 1 is 0.840 bits per heavy atom. The third kappa shape index (κ3) is 4.66. The van der Waals surface area contributed by atoms with Crippen LogP contribution in [0.1, 0.15) is 5.69 Å². The second kappa shape index (κ2) is 8.57. The Labute approximate surface area is 157 Å². The average Bonchev–Trinajstić information content (AvgIpc) is 2.66. The number of nitrogens with zero attached hydrogens (tertiary/aromatic N) is 1. The van der Waals surface area contributed by atoms with E-state index in [2.05, 4.69) is 26.2 Å². The van der Waals surface area contributed by atoms with Gasteiger partial charge in [-0.15, -0.1) is 0 Å². The SMILES string of the molecule is O=P(CCNCc1cccc(Br)n1)(c1ccccc1)c1ccccc1. The van der Waals surface area contributed by atoms with Crippen molar-refractivity contribution in [2.24, 2.45) is 0 Å². The van der Waals surface area contributed by atoms with E-state index in [1.807, 2.05) is 78.9 Å². The van der Waals surface area contributed by atoms with Gasteiger partial charge in [-0.25, -0.2) is 4.98 Å². The predicted molar refractivity (Wildman–Crippen MR) is 108 cm³/mol. The molecule has 0 atom stereocenters. The van der Waals surface area contributed by atoms with E-state index in [9.17, 15) is 4.57 Å². The van der Waals surface area contributed by atoms with Crippen LogP contribution in [-0.2, 0) is 11.1 Å². The molecule has 0 aliphatic heterocycles. The summed E-state index contributed by atoms with van der Waals surface area (Å²) in [7, 11) is -2.65. The van der Waals surface area contributed by atoms with E-state index in [-0.39, 0.29) is 0 Å². The van der Waals surface area contributed by atoms with Gasteiger partial charge in [0.1, 0.15) is 11.7 Å². The first-order chi connectivity index (χ1) is 12.2. The molecular formula is C20H20BrN2OP. The normalized spacial score (nSPS) is 11.4. The molecule has 128 valence electrons. The van der Waals surface area contributed by atoms with Crippen molar-refractivity contribution in [3.05, 3.63) is 89.2 Å². The lowest BCUT2D eigenvalue weighted by Gasteiger charge is -2.19. The first kappa shape index (κ1) is 18.1. The van der Waals surface area contributed by atoms with Gasteiger partial charge in [0, 0.05) is 29.9 Å². The molecule has 1 heterocycles. The van der Waals surface area contributed by atoms with Gasteiger partial charge in [-0.05, 0) is 28.1 Å². The largest absolute Gasteiger partial charge is 0.314 e. The van der Waals surface area contributed by atoms with Crippen LogP contribution in [0.15, 0.2) is 83.5 Å². The summed E-state index contributed by atoms with van der Waals surface area (Å²) < 4.78 is 14.6. The number of benzene rings is 2. The molecule has 1 N–H and O–H groups in total. The number of aromatic nitrogens is 1. The number of nitrogens with one attached hydrogen (secondary N) is 1. The van der Waals surface area contributed by atoms with Gasteiger partial charge in [-0.2, -0.15) is 0 Å². The minimum atomic E-state index is -2.65. The third-order valence-corrected chi connectivity index (χ3v) is 7.59. The molecule has 0 saturated heterocycles. The van der Waals surface area contributed by atoms with E-state index in [0.717, 1.165) is 20.9 Å². The quantitative estimate of drug-likeness (QED) is 0.361. The molecule has 0 unspecified atom stereocenters. The van der Waals surface area contributed by atoms with Gasteiger partial charge in [0.15, 0.2) is 0 Å². The highest BCUT2D eigenvalue weighted by molar-refractivity contribution is 9.10. The number of hydrogen-bond donors (Lipinski definition) is 1. The average molecular weight is 415 g/mol. The Morgan fingerprint density at radius 2 is 1.44 bits per heavy atom. The van der Waals surface area contributed by atoms with E-state index in [1.165, 1.54) is 0 Å². The molecule has 0 fully saturated rings. The monoisotopic (exact) mass is 414 g/mol. The molecular weight excluding hydrogens is 395 g/mol. The van der Waals surface area contributed by atoms with Crippen LogP contribution in [0.5, 0.6) is 0 Å². The van der Waals surface area contributed by atoms with Crippen LogP contribution in [0.2, 0.25) is 0 Å². The Bertz CT molecular complexity index is 812. The lowest BCUT2D eigenvalue weighted by Crippen LogP contribution is -2.25. The fraction of sp³-hybridized carbons (Fsp3) is 0.150. The fourth-order valence-corrected chi connectivity index (χ4v) is 5.72. The standard InChI is InChI=1S/C20H20BrN2OP/c21-20-13-7-8-17(23-20)16-22-14-15-25(24,18-9-3-1-4-10-18)19-11-5-2-6-12-19/h1-13,22H,14-16H2. The molecule has 1 aromatic heterocycles. The Morgan fingerprint density at radius 3 is 2.00 bits per heavy atom. The van der Waals surface area contributed by atoms with Gasteiger partial charge in [-0.3, -0.25) is 0 Å². The third-order valence-electron chi connectivity index (χ3n) is 4.03. The highest BCUT2D eigenvalue weighted by atomic mass is 79.9. The Hall–Kier alpha value is -1.74.